The van der Waals surface area contributed by atoms with Gasteiger partial charge in [-0.3, -0.25) is 9.78 Å². The molecular weight excluding hydrogens is 271 g/mol. The molecule has 0 aliphatic carbocycles. The number of hydrogen-bond acceptors (Lipinski definition) is 2. The average molecular weight is 283 g/mol. The van der Waals surface area contributed by atoms with Crippen molar-refractivity contribution < 1.29 is 4.39 Å². The summed E-state index contributed by atoms with van der Waals surface area (Å²) in [6.07, 6.45) is 0.349. The zero-order valence-electron chi connectivity index (χ0n) is 10.5. The number of nitrogens with zero attached hydrogens (tertiary/aromatic N) is 1. The maximum absolute atomic E-state index is 13.8. The molecule has 100 valence electrons. The van der Waals surface area contributed by atoms with Crippen LogP contribution in [0.5, 0.6) is 0 Å². The minimum atomic E-state index is -0.753. The summed E-state index contributed by atoms with van der Waals surface area (Å²) in [7, 11) is 0. The van der Waals surface area contributed by atoms with Crippen LogP contribution in [0.25, 0.3) is 5.69 Å². The van der Waals surface area contributed by atoms with Crippen molar-refractivity contribution >= 4 is 11.6 Å². The molecule has 1 aromatic heterocycles. The van der Waals surface area contributed by atoms with E-state index >= 15 is 0 Å². The normalized spacial score (nSPS) is 10.7. The van der Waals surface area contributed by atoms with Gasteiger partial charge >= 0.3 is 5.69 Å². The minimum absolute atomic E-state index is 0.00168. The van der Waals surface area contributed by atoms with Crippen molar-refractivity contribution in [3.8, 4) is 5.69 Å². The lowest BCUT2D eigenvalue weighted by atomic mass is 10.2. The van der Waals surface area contributed by atoms with Gasteiger partial charge in [0.1, 0.15) is 11.0 Å². The molecule has 0 amide bonds. The Morgan fingerprint density at radius 2 is 2.05 bits per heavy atom. The standard InChI is InChI=1S/C13H12ClFN2O2/c1-3-8-11(14)16-13(19)17(12(8)18)10-6-7(2)4-5-9(10)15/h4-6H,3H2,1-2H3,(H,16,19). The van der Waals surface area contributed by atoms with Gasteiger partial charge in [-0.1, -0.05) is 24.6 Å². The summed E-state index contributed by atoms with van der Waals surface area (Å²) in [5.74, 6) is -0.637. The third kappa shape index (κ3) is 2.33. The maximum Gasteiger partial charge on any atom is 0.334 e. The molecule has 2 aromatic rings. The zero-order valence-corrected chi connectivity index (χ0v) is 11.2. The fraction of sp³-hybridized carbons (Fsp3) is 0.231. The van der Waals surface area contributed by atoms with E-state index in [0.29, 0.717) is 6.42 Å². The summed E-state index contributed by atoms with van der Waals surface area (Å²) in [5, 5.41) is 0.00168. The topological polar surface area (TPSA) is 54.9 Å². The van der Waals surface area contributed by atoms with Crippen molar-refractivity contribution in [2.24, 2.45) is 0 Å². The van der Waals surface area contributed by atoms with Crippen LogP contribution < -0.4 is 11.2 Å². The quantitative estimate of drug-likeness (QED) is 0.859. The molecule has 4 nitrogen and oxygen atoms in total. The molecule has 1 heterocycles. The Morgan fingerprint density at radius 3 is 2.68 bits per heavy atom. The van der Waals surface area contributed by atoms with Crippen LogP contribution in [0.4, 0.5) is 4.39 Å². The first-order valence-electron chi connectivity index (χ1n) is 5.76. The van der Waals surface area contributed by atoms with Crippen LogP contribution in [0, 0.1) is 12.7 Å². The van der Waals surface area contributed by atoms with Crippen molar-refractivity contribution in [1.29, 1.82) is 0 Å². The predicted octanol–water partition coefficient (Wildman–Crippen LogP) is 2.19. The van der Waals surface area contributed by atoms with Gasteiger partial charge in [0.05, 0.1) is 11.3 Å². The highest BCUT2D eigenvalue weighted by Gasteiger charge is 2.15. The minimum Gasteiger partial charge on any atom is -0.297 e. The molecule has 0 aliphatic heterocycles. The Morgan fingerprint density at radius 1 is 1.37 bits per heavy atom. The number of aromatic nitrogens is 2. The van der Waals surface area contributed by atoms with E-state index in [0.717, 1.165) is 10.1 Å². The molecule has 0 atom stereocenters. The largest absolute Gasteiger partial charge is 0.334 e. The van der Waals surface area contributed by atoms with Crippen molar-refractivity contribution in [2.45, 2.75) is 20.3 Å². The van der Waals surface area contributed by atoms with E-state index in [1.807, 2.05) is 0 Å². The van der Waals surface area contributed by atoms with Gasteiger partial charge in [0.15, 0.2) is 0 Å². The number of aryl methyl sites for hydroxylation is 1. The summed E-state index contributed by atoms with van der Waals surface area (Å²) in [6, 6.07) is 4.23. The first-order valence-corrected chi connectivity index (χ1v) is 6.13. The van der Waals surface area contributed by atoms with E-state index in [4.69, 9.17) is 11.6 Å². The summed E-state index contributed by atoms with van der Waals surface area (Å²) < 4.78 is 14.6. The molecule has 1 N–H and O–H groups in total. The van der Waals surface area contributed by atoms with Gasteiger partial charge in [-0.15, -0.1) is 0 Å². The van der Waals surface area contributed by atoms with E-state index in [-0.39, 0.29) is 16.4 Å². The Bertz CT molecular complexity index is 749. The summed E-state index contributed by atoms with van der Waals surface area (Å²) in [6.45, 7) is 3.48. The number of halogens is 2. The highest BCUT2D eigenvalue weighted by molar-refractivity contribution is 6.30. The number of hydrogen-bond donors (Lipinski definition) is 1. The second kappa shape index (κ2) is 5.01. The SMILES string of the molecule is CCc1c(Cl)[nH]c(=O)n(-c2cc(C)ccc2F)c1=O. The van der Waals surface area contributed by atoms with Crippen LogP contribution in [0.3, 0.4) is 0 Å². The van der Waals surface area contributed by atoms with E-state index in [1.54, 1.807) is 19.9 Å². The van der Waals surface area contributed by atoms with Crippen LogP contribution in [0.1, 0.15) is 18.1 Å². The fourth-order valence-corrected chi connectivity index (χ4v) is 2.16. The van der Waals surface area contributed by atoms with Crippen LogP contribution in [0.2, 0.25) is 5.15 Å². The van der Waals surface area contributed by atoms with Gasteiger partial charge in [0.25, 0.3) is 5.56 Å². The molecular formula is C13H12ClFN2O2. The monoisotopic (exact) mass is 282 g/mol. The molecule has 2 rings (SSSR count). The highest BCUT2D eigenvalue weighted by atomic mass is 35.5. The Labute approximate surface area is 113 Å². The lowest BCUT2D eigenvalue weighted by Gasteiger charge is -2.09. The summed E-state index contributed by atoms with van der Waals surface area (Å²) in [4.78, 5) is 26.4. The van der Waals surface area contributed by atoms with Crippen LogP contribution in [-0.2, 0) is 6.42 Å². The van der Waals surface area contributed by atoms with Gasteiger partial charge in [-0.25, -0.2) is 13.8 Å². The smallest absolute Gasteiger partial charge is 0.297 e. The van der Waals surface area contributed by atoms with Crippen LogP contribution in [0.15, 0.2) is 27.8 Å². The zero-order chi connectivity index (χ0) is 14.2. The van der Waals surface area contributed by atoms with Crippen LogP contribution >= 0.6 is 11.6 Å². The van der Waals surface area contributed by atoms with Crippen molar-refractivity contribution in [2.75, 3.05) is 0 Å². The fourth-order valence-electron chi connectivity index (χ4n) is 1.87. The average Bonchev–Trinajstić information content (AvgIpc) is 2.33. The van der Waals surface area contributed by atoms with E-state index in [2.05, 4.69) is 4.98 Å². The predicted molar refractivity (Wildman–Crippen MR) is 71.7 cm³/mol. The molecule has 0 saturated carbocycles. The van der Waals surface area contributed by atoms with Crippen molar-refractivity contribution in [1.82, 2.24) is 9.55 Å². The van der Waals surface area contributed by atoms with Gasteiger partial charge in [0, 0.05) is 0 Å². The van der Waals surface area contributed by atoms with E-state index in [9.17, 15) is 14.0 Å². The molecule has 6 heteroatoms. The molecule has 0 saturated heterocycles. The van der Waals surface area contributed by atoms with Crippen molar-refractivity contribution in [3.05, 3.63) is 61.1 Å². The number of rotatable bonds is 2. The second-order valence-corrected chi connectivity index (χ2v) is 4.55. The third-order valence-corrected chi connectivity index (χ3v) is 3.16. The number of nitrogens with one attached hydrogen (secondary N) is 1. The molecule has 0 bridgehead atoms. The van der Waals surface area contributed by atoms with E-state index in [1.165, 1.54) is 12.1 Å². The van der Waals surface area contributed by atoms with Crippen LogP contribution in [-0.4, -0.2) is 9.55 Å². The number of H-pyrrole nitrogens is 1. The highest BCUT2D eigenvalue weighted by Crippen LogP contribution is 2.13. The molecule has 1 aromatic carbocycles. The lowest BCUT2D eigenvalue weighted by molar-refractivity contribution is 0.611. The number of benzene rings is 1. The first kappa shape index (κ1) is 13.5. The van der Waals surface area contributed by atoms with Gasteiger partial charge in [0.2, 0.25) is 0 Å². The second-order valence-electron chi connectivity index (χ2n) is 4.17. The Hall–Kier alpha value is -1.88. The Balaban J connectivity index is 2.87. The van der Waals surface area contributed by atoms with Crippen molar-refractivity contribution in [3.63, 3.8) is 0 Å². The van der Waals surface area contributed by atoms with Gasteiger partial charge in [-0.2, -0.15) is 0 Å². The van der Waals surface area contributed by atoms with E-state index < -0.39 is 17.1 Å². The molecule has 19 heavy (non-hydrogen) atoms. The van der Waals surface area contributed by atoms with Gasteiger partial charge < -0.3 is 0 Å². The molecule has 0 radical (unpaired) electrons. The summed E-state index contributed by atoms with van der Waals surface area (Å²) >= 11 is 5.80. The van der Waals surface area contributed by atoms with Gasteiger partial charge in [-0.05, 0) is 31.0 Å². The first-order chi connectivity index (χ1) is 8.95. The molecule has 0 unspecified atom stereocenters. The molecule has 0 spiro atoms. The number of aromatic amines is 1. The molecule has 0 aliphatic rings. The summed E-state index contributed by atoms with van der Waals surface area (Å²) in [5.41, 5.74) is -0.423. The third-order valence-electron chi connectivity index (χ3n) is 2.84. The molecule has 0 fully saturated rings. The Kier molecular flexibility index (Phi) is 3.57. The lowest BCUT2D eigenvalue weighted by Crippen LogP contribution is -2.36. The maximum atomic E-state index is 13.8.